The highest BCUT2D eigenvalue weighted by atomic mass is 14.3. The predicted octanol–water partition coefficient (Wildman–Crippen LogP) is 11.4. The summed E-state index contributed by atoms with van der Waals surface area (Å²) in [5.74, 6) is 3.22. The lowest BCUT2D eigenvalue weighted by Crippen LogP contribution is -2.15. The van der Waals surface area contributed by atoms with E-state index in [0.717, 1.165) is 18.8 Å². The Kier molecular flexibility index (Phi) is 12.2. The monoisotopic (exact) mass is 498 g/mol. The van der Waals surface area contributed by atoms with Crippen molar-refractivity contribution in [2.75, 3.05) is 0 Å². The van der Waals surface area contributed by atoms with Crippen molar-refractivity contribution in [2.24, 2.45) is 29.6 Å². The van der Waals surface area contributed by atoms with Crippen LogP contribution in [0.25, 0.3) is 0 Å². The standard InChI is InChI=1S/C37H54/c1-7-29(4)37(35(8-2)16-12-15-32-13-10-9-11-14-32)31(6)20-19-30(5)36-25-23-34(24-26-36)27-33-21-17-28(3)18-22-33/h7,10,12-14,16,20-21,23,25-26,28,30,34-35,37H,8-9,11,15,17-19,22,24,27H2,1-6H3/b16-12-,29-7+,31-20+. The largest absolute Gasteiger partial charge is 0.0881 e. The SMILES string of the molecule is C/C=C(\C)C(/C(C)=C/CC(C)C1=CCC(CC2=CCC(C)CC2)C=C1)C(/C=C\CC1=CCCC=C1)CC. The van der Waals surface area contributed by atoms with E-state index >= 15 is 0 Å². The van der Waals surface area contributed by atoms with Gasteiger partial charge in [0.15, 0.2) is 0 Å². The molecular formula is C37H54. The highest BCUT2D eigenvalue weighted by molar-refractivity contribution is 5.29. The van der Waals surface area contributed by atoms with Gasteiger partial charge in [0.1, 0.15) is 0 Å². The predicted molar refractivity (Wildman–Crippen MR) is 165 cm³/mol. The maximum Gasteiger partial charge on any atom is 0.00640 e. The lowest BCUT2D eigenvalue weighted by atomic mass is 9.78. The highest BCUT2D eigenvalue weighted by Gasteiger charge is 2.22. The third kappa shape index (κ3) is 9.31. The van der Waals surface area contributed by atoms with Crippen LogP contribution in [0.15, 0.2) is 94.7 Å². The maximum atomic E-state index is 2.54. The van der Waals surface area contributed by atoms with Crippen LogP contribution < -0.4 is 0 Å². The average molecular weight is 499 g/mol. The smallest absolute Gasteiger partial charge is 0.00640 e. The minimum Gasteiger partial charge on any atom is -0.0881 e. The number of rotatable bonds is 12. The molecule has 0 aliphatic heterocycles. The van der Waals surface area contributed by atoms with Gasteiger partial charge < -0.3 is 0 Å². The third-order valence-electron chi connectivity index (χ3n) is 9.02. The molecule has 0 aromatic carbocycles. The molecule has 0 fully saturated rings. The zero-order chi connectivity index (χ0) is 26.6. The second kappa shape index (κ2) is 15.4. The van der Waals surface area contributed by atoms with Gasteiger partial charge in [0.2, 0.25) is 0 Å². The molecule has 0 saturated carbocycles. The van der Waals surface area contributed by atoms with E-state index in [2.05, 4.69) is 108 Å². The summed E-state index contributed by atoms with van der Waals surface area (Å²) in [5, 5.41) is 0. The molecule has 0 nitrogen and oxygen atoms in total. The Labute approximate surface area is 229 Å². The first-order chi connectivity index (χ1) is 17.9. The van der Waals surface area contributed by atoms with E-state index in [9.17, 15) is 0 Å². The van der Waals surface area contributed by atoms with Gasteiger partial charge in [-0.25, -0.2) is 0 Å². The van der Waals surface area contributed by atoms with Crippen molar-refractivity contribution in [1.82, 2.24) is 0 Å². The van der Waals surface area contributed by atoms with E-state index in [0.29, 0.717) is 23.7 Å². The first-order valence-corrected chi connectivity index (χ1v) is 15.3. The maximum absolute atomic E-state index is 2.54. The first kappa shape index (κ1) is 29.5. The van der Waals surface area contributed by atoms with Gasteiger partial charge in [0.25, 0.3) is 0 Å². The van der Waals surface area contributed by atoms with Crippen LogP contribution in [0.1, 0.15) is 106 Å². The van der Waals surface area contributed by atoms with Crippen molar-refractivity contribution in [1.29, 1.82) is 0 Å². The van der Waals surface area contributed by atoms with Crippen molar-refractivity contribution in [3.63, 3.8) is 0 Å². The first-order valence-electron chi connectivity index (χ1n) is 15.3. The molecular weight excluding hydrogens is 444 g/mol. The van der Waals surface area contributed by atoms with Crippen molar-refractivity contribution in [3.8, 4) is 0 Å². The molecule has 0 bridgehead atoms. The van der Waals surface area contributed by atoms with Crippen LogP contribution in [0, 0.1) is 29.6 Å². The fourth-order valence-corrected chi connectivity index (χ4v) is 6.26. The molecule has 0 N–H and O–H groups in total. The normalized spacial score (nSPS) is 25.5. The van der Waals surface area contributed by atoms with Crippen molar-refractivity contribution < 1.29 is 0 Å². The summed E-state index contributed by atoms with van der Waals surface area (Å²) in [6, 6.07) is 0. The van der Waals surface area contributed by atoms with Crippen LogP contribution in [-0.4, -0.2) is 0 Å². The second-order valence-corrected chi connectivity index (χ2v) is 12.1. The number of hydrogen-bond acceptors (Lipinski definition) is 0. The molecule has 0 aromatic heterocycles. The van der Waals surface area contributed by atoms with E-state index in [1.54, 1.807) is 5.57 Å². The molecule has 0 heterocycles. The van der Waals surface area contributed by atoms with Crippen molar-refractivity contribution in [2.45, 2.75) is 106 Å². The summed E-state index contributed by atoms with van der Waals surface area (Å²) >= 11 is 0. The molecule has 37 heavy (non-hydrogen) atoms. The highest BCUT2D eigenvalue weighted by Crippen LogP contribution is 2.35. The van der Waals surface area contributed by atoms with Crippen LogP contribution in [0.5, 0.6) is 0 Å². The van der Waals surface area contributed by atoms with Gasteiger partial charge in [-0.05, 0) is 120 Å². The van der Waals surface area contributed by atoms with Gasteiger partial charge in [-0.15, -0.1) is 0 Å². The summed E-state index contributed by atoms with van der Waals surface area (Å²) in [7, 11) is 0. The lowest BCUT2D eigenvalue weighted by molar-refractivity contribution is 0.489. The molecule has 0 saturated heterocycles. The van der Waals surface area contributed by atoms with Gasteiger partial charge in [-0.2, -0.15) is 0 Å². The van der Waals surface area contributed by atoms with Crippen LogP contribution >= 0.6 is 0 Å². The molecule has 3 rings (SSSR count). The van der Waals surface area contributed by atoms with E-state index in [1.807, 2.05) is 0 Å². The summed E-state index contributed by atoms with van der Waals surface area (Å²) < 4.78 is 0. The average Bonchev–Trinajstić information content (AvgIpc) is 2.93. The number of allylic oxidation sites excluding steroid dienone is 16. The number of hydrogen-bond donors (Lipinski definition) is 0. The van der Waals surface area contributed by atoms with Crippen LogP contribution in [0.4, 0.5) is 0 Å². The van der Waals surface area contributed by atoms with Crippen LogP contribution in [0.3, 0.4) is 0 Å². The Bertz CT molecular complexity index is 970. The fraction of sp³-hybridized carbons (Fsp3) is 0.568. The van der Waals surface area contributed by atoms with Crippen molar-refractivity contribution >= 4 is 0 Å². The molecule has 3 aliphatic rings. The van der Waals surface area contributed by atoms with Gasteiger partial charge in [-0.1, -0.05) is 104 Å². The molecule has 3 aliphatic carbocycles. The molecule has 0 spiro atoms. The topological polar surface area (TPSA) is 0 Å². The Morgan fingerprint density at radius 1 is 1.05 bits per heavy atom. The molecule has 0 heteroatoms. The summed E-state index contributed by atoms with van der Waals surface area (Å²) in [4.78, 5) is 0. The van der Waals surface area contributed by atoms with Crippen molar-refractivity contribution in [3.05, 3.63) is 94.7 Å². The minimum atomic E-state index is 0.501. The van der Waals surface area contributed by atoms with Gasteiger partial charge in [-0.3, -0.25) is 0 Å². The quantitative estimate of drug-likeness (QED) is 0.235. The summed E-state index contributed by atoms with van der Waals surface area (Å²) in [5.41, 5.74) is 7.74. The summed E-state index contributed by atoms with van der Waals surface area (Å²) in [6.45, 7) is 14.0. The van der Waals surface area contributed by atoms with Crippen LogP contribution in [-0.2, 0) is 0 Å². The minimum absolute atomic E-state index is 0.501. The zero-order valence-electron chi connectivity index (χ0n) is 24.8. The lowest BCUT2D eigenvalue weighted by Gasteiger charge is -2.27. The zero-order valence-corrected chi connectivity index (χ0v) is 24.8. The molecule has 0 aromatic rings. The van der Waals surface area contributed by atoms with E-state index in [1.165, 1.54) is 73.7 Å². The third-order valence-corrected chi connectivity index (χ3v) is 9.02. The van der Waals surface area contributed by atoms with E-state index in [-0.39, 0.29) is 0 Å². The van der Waals surface area contributed by atoms with E-state index < -0.39 is 0 Å². The van der Waals surface area contributed by atoms with Crippen LogP contribution in [0.2, 0.25) is 0 Å². The van der Waals surface area contributed by atoms with Gasteiger partial charge >= 0.3 is 0 Å². The molecule has 5 atom stereocenters. The second-order valence-electron chi connectivity index (χ2n) is 12.1. The van der Waals surface area contributed by atoms with Gasteiger partial charge in [0.05, 0.1) is 0 Å². The summed E-state index contributed by atoms with van der Waals surface area (Å²) in [6.07, 6.45) is 39.0. The molecule has 202 valence electrons. The fourth-order valence-electron chi connectivity index (χ4n) is 6.26. The Morgan fingerprint density at radius 2 is 1.89 bits per heavy atom. The molecule has 5 unspecified atom stereocenters. The van der Waals surface area contributed by atoms with Gasteiger partial charge in [0, 0.05) is 5.92 Å². The Morgan fingerprint density at radius 3 is 2.51 bits per heavy atom. The Balaban J connectivity index is 1.57. The molecule has 0 amide bonds. The Hall–Kier alpha value is -2.08. The van der Waals surface area contributed by atoms with E-state index in [4.69, 9.17) is 0 Å². The molecule has 0 radical (unpaired) electrons.